The number of nitrogens with one attached hydrogen (secondary N) is 1. The first-order valence-corrected chi connectivity index (χ1v) is 6.63. The first-order valence-electron chi connectivity index (χ1n) is 6.63. The van der Waals surface area contributed by atoms with Gasteiger partial charge >= 0.3 is 5.97 Å². The average Bonchev–Trinajstić information content (AvgIpc) is 2.44. The van der Waals surface area contributed by atoms with E-state index in [1.807, 2.05) is 30.3 Å². The molecule has 1 aromatic carbocycles. The lowest BCUT2D eigenvalue weighted by Gasteiger charge is -2.14. The van der Waals surface area contributed by atoms with Gasteiger partial charge in [-0.25, -0.2) is 4.79 Å². The molecule has 0 heterocycles. The molecule has 0 aromatic heterocycles. The minimum absolute atomic E-state index is 0.245. The summed E-state index contributed by atoms with van der Waals surface area (Å²) in [5.74, 6) is 1.24. The topological polar surface area (TPSA) is 66.4 Å². The van der Waals surface area contributed by atoms with Crippen molar-refractivity contribution in [3.63, 3.8) is 0 Å². The highest BCUT2D eigenvalue weighted by Gasteiger charge is 2.19. The standard InChI is InChI=1S/C16H19NO3/c1-2-3-4-8-11-15(18)17-14(16(19)20)12-13-9-6-5-7-10-13/h1,5-7,9-10,14H,3-4,8,11-12H2,(H,17,18)(H,19,20)/t14-/m1/s1. The van der Waals surface area contributed by atoms with Gasteiger partial charge in [0.25, 0.3) is 0 Å². The van der Waals surface area contributed by atoms with Crippen molar-refractivity contribution in [2.45, 2.75) is 38.1 Å². The van der Waals surface area contributed by atoms with Crippen LogP contribution in [-0.2, 0) is 16.0 Å². The second-order valence-corrected chi connectivity index (χ2v) is 4.56. The van der Waals surface area contributed by atoms with E-state index in [1.165, 1.54) is 0 Å². The summed E-state index contributed by atoms with van der Waals surface area (Å²) in [6, 6.07) is 8.34. The second-order valence-electron chi connectivity index (χ2n) is 4.56. The predicted molar refractivity (Wildman–Crippen MR) is 77.0 cm³/mol. The van der Waals surface area contributed by atoms with Crippen LogP contribution >= 0.6 is 0 Å². The molecule has 1 atom stereocenters. The largest absolute Gasteiger partial charge is 0.480 e. The summed E-state index contributed by atoms with van der Waals surface area (Å²) in [6.07, 6.45) is 7.80. The van der Waals surface area contributed by atoms with E-state index in [-0.39, 0.29) is 12.3 Å². The lowest BCUT2D eigenvalue weighted by Crippen LogP contribution is -2.42. The number of hydrogen-bond acceptors (Lipinski definition) is 2. The monoisotopic (exact) mass is 273 g/mol. The Morgan fingerprint density at radius 3 is 2.55 bits per heavy atom. The van der Waals surface area contributed by atoms with E-state index in [1.54, 1.807) is 0 Å². The zero-order valence-corrected chi connectivity index (χ0v) is 11.3. The highest BCUT2D eigenvalue weighted by Crippen LogP contribution is 2.05. The summed E-state index contributed by atoms with van der Waals surface area (Å²) >= 11 is 0. The SMILES string of the molecule is C#CCCCCC(=O)N[C@H](Cc1ccccc1)C(=O)O. The fourth-order valence-electron chi connectivity index (χ4n) is 1.83. The zero-order valence-electron chi connectivity index (χ0n) is 11.3. The van der Waals surface area contributed by atoms with Crippen LogP contribution < -0.4 is 5.32 Å². The van der Waals surface area contributed by atoms with Crippen molar-refractivity contribution >= 4 is 11.9 Å². The first-order chi connectivity index (χ1) is 9.63. The van der Waals surface area contributed by atoms with Crippen molar-refractivity contribution in [3.8, 4) is 12.3 Å². The van der Waals surface area contributed by atoms with Gasteiger partial charge in [0.05, 0.1) is 0 Å². The number of terminal acetylenes is 1. The number of carbonyl (C=O) groups excluding carboxylic acids is 1. The van der Waals surface area contributed by atoms with Gasteiger partial charge in [0.1, 0.15) is 6.04 Å². The molecule has 20 heavy (non-hydrogen) atoms. The molecule has 0 radical (unpaired) electrons. The Balaban J connectivity index is 2.45. The number of benzene rings is 1. The Bertz CT molecular complexity index is 476. The normalized spacial score (nSPS) is 11.3. The number of carboxylic acid groups (broad SMARTS) is 1. The maximum absolute atomic E-state index is 11.7. The highest BCUT2D eigenvalue weighted by atomic mass is 16.4. The van der Waals surface area contributed by atoms with Gasteiger partial charge in [0.2, 0.25) is 5.91 Å². The lowest BCUT2D eigenvalue weighted by molar-refractivity contribution is -0.141. The quantitative estimate of drug-likeness (QED) is 0.562. The molecule has 0 fully saturated rings. The van der Waals surface area contributed by atoms with Gasteiger partial charge in [0, 0.05) is 19.3 Å². The summed E-state index contributed by atoms with van der Waals surface area (Å²) in [5, 5.41) is 11.7. The van der Waals surface area contributed by atoms with E-state index in [0.717, 1.165) is 12.0 Å². The van der Waals surface area contributed by atoms with E-state index < -0.39 is 12.0 Å². The molecule has 1 aromatic rings. The fourth-order valence-corrected chi connectivity index (χ4v) is 1.83. The Morgan fingerprint density at radius 1 is 1.25 bits per heavy atom. The molecule has 2 N–H and O–H groups in total. The summed E-state index contributed by atoms with van der Waals surface area (Å²) < 4.78 is 0. The van der Waals surface area contributed by atoms with Gasteiger partial charge in [0.15, 0.2) is 0 Å². The van der Waals surface area contributed by atoms with Crippen molar-refractivity contribution in [3.05, 3.63) is 35.9 Å². The molecule has 0 aliphatic rings. The third-order valence-electron chi connectivity index (χ3n) is 2.89. The number of rotatable bonds is 8. The van der Waals surface area contributed by atoms with Crippen molar-refractivity contribution < 1.29 is 14.7 Å². The van der Waals surface area contributed by atoms with Gasteiger partial charge in [-0.15, -0.1) is 12.3 Å². The minimum Gasteiger partial charge on any atom is -0.480 e. The molecule has 0 aliphatic heterocycles. The third kappa shape index (κ3) is 6.05. The maximum Gasteiger partial charge on any atom is 0.326 e. The molecule has 0 unspecified atom stereocenters. The van der Waals surface area contributed by atoms with E-state index in [0.29, 0.717) is 19.3 Å². The molecule has 0 spiro atoms. The van der Waals surface area contributed by atoms with Crippen LogP contribution in [0.2, 0.25) is 0 Å². The lowest BCUT2D eigenvalue weighted by atomic mass is 10.1. The van der Waals surface area contributed by atoms with Crippen LogP contribution in [0.25, 0.3) is 0 Å². The van der Waals surface area contributed by atoms with Gasteiger partial charge < -0.3 is 10.4 Å². The number of carboxylic acids is 1. The smallest absolute Gasteiger partial charge is 0.326 e. The average molecular weight is 273 g/mol. The van der Waals surface area contributed by atoms with E-state index in [9.17, 15) is 9.59 Å². The van der Waals surface area contributed by atoms with E-state index in [2.05, 4.69) is 11.2 Å². The first kappa shape index (κ1) is 15.8. The van der Waals surface area contributed by atoms with Crippen LogP contribution in [0.5, 0.6) is 0 Å². The molecule has 4 heteroatoms. The van der Waals surface area contributed by atoms with Crippen LogP contribution in [0.1, 0.15) is 31.2 Å². The maximum atomic E-state index is 11.7. The Morgan fingerprint density at radius 2 is 1.95 bits per heavy atom. The van der Waals surface area contributed by atoms with Gasteiger partial charge in [-0.1, -0.05) is 30.3 Å². The van der Waals surface area contributed by atoms with Crippen LogP contribution in [-0.4, -0.2) is 23.0 Å². The molecular weight excluding hydrogens is 254 g/mol. The number of carbonyl (C=O) groups is 2. The van der Waals surface area contributed by atoms with Gasteiger partial charge in [-0.2, -0.15) is 0 Å². The summed E-state index contributed by atoms with van der Waals surface area (Å²) in [4.78, 5) is 22.9. The molecule has 1 rings (SSSR count). The van der Waals surface area contributed by atoms with Crippen molar-refractivity contribution in [2.75, 3.05) is 0 Å². The molecule has 0 bridgehead atoms. The number of amides is 1. The van der Waals surface area contributed by atoms with Crippen molar-refractivity contribution in [1.82, 2.24) is 5.32 Å². The zero-order chi connectivity index (χ0) is 14.8. The summed E-state index contributed by atoms with van der Waals surface area (Å²) in [6.45, 7) is 0. The number of unbranched alkanes of at least 4 members (excludes halogenated alkanes) is 2. The minimum atomic E-state index is -1.02. The number of hydrogen-bond donors (Lipinski definition) is 2. The van der Waals surface area contributed by atoms with Crippen LogP contribution in [0, 0.1) is 12.3 Å². The molecule has 106 valence electrons. The van der Waals surface area contributed by atoms with Crippen LogP contribution in [0.4, 0.5) is 0 Å². The molecule has 0 saturated carbocycles. The third-order valence-corrected chi connectivity index (χ3v) is 2.89. The van der Waals surface area contributed by atoms with Gasteiger partial charge in [-0.3, -0.25) is 4.79 Å². The highest BCUT2D eigenvalue weighted by molar-refractivity contribution is 5.83. The molecule has 0 aliphatic carbocycles. The van der Waals surface area contributed by atoms with Crippen LogP contribution in [0.3, 0.4) is 0 Å². The Hall–Kier alpha value is -2.28. The molecule has 4 nitrogen and oxygen atoms in total. The Labute approximate surface area is 119 Å². The second kappa shape index (κ2) is 8.76. The molecule has 0 saturated heterocycles. The van der Waals surface area contributed by atoms with E-state index >= 15 is 0 Å². The van der Waals surface area contributed by atoms with Gasteiger partial charge in [-0.05, 0) is 18.4 Å². The Kier molecular flexibility index (Phi) is 6.91. The molecular formula is C16H19NO3. The summed E-state index contributed by atoms with van der Waals surface area (Å²) in [5.41, 5.74) is 0.882. The summed E-state index contributed by atoms with van der Waals surface area (Å²) in [7, 11) is 0. The predicted octanol–water partition coefficient (Wildman–Crippen LogP) is 1.99. The van der Waals surface area contributed by atoms with Crippen LogP contribution in [0.15, 0.2) is 30.3 Å². The van der Waals surface area contributed by atoms with Crippen molar-refractivity contribution in [2.24, 2.45) is 0 Å². The fraction of sp³-hybridized carbons (Fsp3) is 0.375. The van der Waals surface area contributed by atoms with Crippen molar-refractivity contribution in [1.29, 1.82) is 0 Å². The number of aliphatic carboxylic acids is 1. The molecule has 1 amide bonds. The van der Waals surface area contributed by atoms with E-state index in [4.69, 9.17) is 11.5 Å².